The fraction of sp³-hybridized carbons (Fsp3) is 0.350. The van der Waals surface area contributed by atoms with E-state index in [2.05, 4.69) is 5.32 Å². The molecule has 0 aromatic heterocycles. The maximum atomic E-state index is 13.4. The summed E-state index contributed by atoms with van der Waals surface area (Å²) in [5, 5.41) is 3.65. The van der Waals surface area contributed by atoms with Crippen LogP contribution in [0.4, 0.5) is 14.5 Å². The Morgan fingerprint density at radius 1 is 1.21 bits per heavy atom. The zero-order valence-corrected chi connectivity index (χ0v) is 16.7. The molecule has 2 atom stereocenters. The Morgan fingerprint density at radius 3 is 2.71 bits per heavy atom. The Kier molecular flexibility index (Phi) is 6.62. The maximum absolute atomic E-state index is 13.4. The highest BCUT2D eigenvalue weighted by Gasteiger charge is 2.25. The lowest BCUT2D eigenvalue weighted by molar-refractivity contribution is -0.127. The van der Waals surface area contributed by atoms with E-state index in [1.165, 1.54) is 6.07 Å². The topological polar surface area (TPSA) is 41.6 Å². The average molecular weight is 429 g/mol. The van der Waals surface area contributed by atoms with Crippen LogP contribution < -0.4 is 15.0 Å². The van der Waals surface area contributed by atoms with E-state index in [-0.39, 0.29) is 11.8 Å². The number of hydrogen-bond acceptors (Lipinski definition) is 3. The Labute approximate surface area is 172 Å². The highest BCUT2D eigenvalue weighted by molar-refractivity contribution is 6.42. The molecule has 2 aromatic carbocycles. The van der Waals surface area contributed by atoms with Gasteiger partial charge >= 0.3 is 0 Å². The van der Waals surface area contributed by atoms with Crippen molar-refractivity contribution in [1.29, 1.82) is 0 Å². The molecule has 4 nitrogen and oxygen atoms in total. The second-order valence-electron chi connectivity index (χ2n) is 6.78. The van der Waals surface area contributed by atoms with Crippen LogP contribution in [-0.4, -0.2) is 31.6 Å². The summed E-state index contributed by atoms with van der Waals surface area (Å²) < 4.78 is 32.1. The van der Waals surface area contributed by atoms with E-state index in [1.807, 2.05) is 4.90 Å². The number of carbonyl (C=O) groups is 1. The predicted molar refractivity (Wildman–Crippen MR) is 106 cm³/mol. The van der Waals surface area contributed by atoms with Crippen molar-refractivity contribution < 1.29 is 18.3 Å². The van der Waals surface area contributed by atoms with Crippen molar-refractivity contribution in [2.24, 2.45) is 5.92 Å². The number of nitrogens with one attached hydrogen (secondary N) is 1. The molecular weight excluding hydrogens is 409 g/mol. The van der Waals surface area contributed by atoms with Crippen LogP contribution in [0.1, 0.15) is 13.3 Å². The summed E-state index contributed by atoms with van der Waals surface area (Å²) in [7, 11) is 0. The van der Waals surface area contributed by atoms with Gasteiger partial charge in [0.2, 0.25) is 0 Å². The molecule has 8 heteroatoms. The Bertz CT molecular complexity index is 866. The Morgan fingerprint density at radius 2 is 2.00 bits per heavy atom. The third-order valence-electron chi connectivity index (χ3n) is 4.69. The summed E-state index contributed by atoms with van der Waals surface area (Å²) in [5.41, 5.74) is 0.643. The van der Waals surface area contributed by atoms with E-state index in [4.69, 9.17) is 27.9 Å². The van der Waals surface area contributed by atoms with Gasteiger partial charge in [-0.3, -0.25) is 4.79 Å². The van der Waals surface area contributed by atoms with Crippen LogP contribution in [0.3, 0.4) is 0 Å². The second-order valence-corrected chi connectivity index (χ2v) is 7.59. The highest BCUT2D eigenvalue weighted by atomic mass is 35.5. The standard InChI is InChI=1S/C20H20Cl2F2N2O2/c1-12(28-15-3-4-16(21)17(22)9-15)20(27)25-10-13-6-7-26(11-13)14-2-5-18(23)19(24)8-14/h2-5,8-9,12-13H,6-7,10-11H2,1H3,(H,25,27). The minimum atomic E-state index is -0.859. The number of amides is 1. The summed E-state index contributed by atoms with van der Waals surface area (Å²) in [4.78, 5) is 14.3. The van der Waals surface area contributed by atoms with E-state index < -0.39 is 17.7 Å². The van der Waals surface area contributed by atoms with Crippen molar-refractivity contribution in [1.82, 2.24) is 5.32 Å². The van der Waals surface area contributed by atoms with E-state index >= 15 is 0 Å². The van der Waals surface area contributed by atoms with Gasteiger partial charge in [0.25, 0.3) is 5.91 Å². The molecule has 0 saturated carbocycles. The number of rotatable bonds is 6. The molecule has 0 bridgehead atoms. The summed E-state index contributed by atoms with van der Waals surface area (Å²) in [6, 6.07) is 8.70. The summed E-state index contributed by atoms with van der Waals surface area (Å²) >= 11 is 11.8. The monoisotopic (exact) mass is 428 g/mol. The van der Waals surface area contributed by atoms with Gasteiger partial charge in [0.05, 0.1) is 10.0 Å². The Balaban J connectivity index is 1.47. The highest BCUT2D eigenvalue weighted by Crippen LogP contribution is 2.27. The first kappa shape index (κ1) is 20.7. The van der Waals surface area contributed by atoms with Crippen molar-refractivity contribution in [3.8, 4) is 5.75 Å². The van der Waals surface area contributed by atoms with Crippen LogP contribution in [-0.2, 0) is 4.79 Å². The Hall–Kier alpha value is -2.05. The van der Waals surface area contributed by atoms with E-state index in [1.54, 1.807) is 31.2 Å². The molecule has 0 aliphatic carbocycles. The number of ether oxygens (including phenoxy) is 1. The molecule has 1 amide bonds. The summed E-state index contributed by atoms with van der Waals surface area (Å²) in [5.74, 6) is -1.28. The molecule has 3 rings (SSSR count). The van der Waals surface area contributed by atoms with Crippen LogP contribution in [0.2, 0.25) is 10.0 Å². The van der Waals surface area contributed by atoms with Crippen molar-refractivity contribution in [2.75, 3.05) is 24.5 Å². The SMILES string of the molecule is CC(Oc1ccc(Cl)c(Cl)c1)C(=O)NCC1CCN(c2ccc(F)c(F)c2)C1. The molecule has 1 heterocycles. The zero-order valence-electron chi connectivity index (χ0n) is 15.2. The normalized spacial score (nSPS) is 17.5. The summed E-state index contributed by atoms with van der Waals surface area (Å²) in [6.45, 7) is 3.52. The minimum Gasteiger partial charge on any atom is -0.481 e. The van der Waals surface area contributed by atoms with Gasteiger partial charge in [-0.1, -0.05) is 23.2 Å². The van der Waals surface area contributed by atoms with Crippen molar-refractivity contribution >= 4 is 34.8 Å². The smallest absolute Gasteiger partial charge is 0.260 e. The molecule has 1 N–H and O–H groups in total. The molecule has 150 valence electrons. The van der Waals surface area contributed by atoms with Gasteiger partial charge in [0, 0.05) is 37.5 Å². The number of carbonyl (C=O) groups excluding carboxylic acids is 1. The molecule has 0 radical (unpaired) electrons. The van der Waals surface area contributed by atoms with E-state index in [0.29, 0.717) is 34.6 Å². The van der Waals surface area contributed by atoms with Crippen LogP contribution >= 0.6 is 23.2 Å². The molecule has 2 aromatic rings. The van der Waals surface area contributed by atoms with Crippen molar-refractivity contribution in [3.05, 3.63) is 58.1 Å². The average Bonchev–Trinajstić information content (AvgIpc) is 3.14. The molecule has 0 spiro atoms. The van der Waals surface area contributed by atoms with Gasteiger partial charge in [0.1, 0.15) is 5.75 Å². The molecule has 2 unspecified atom stereocenters. The lowest BCUT2D eigenvalue weighted by atomic mass is 10.1. The fourth-order valence-electron chi connectivity index (χ4n) is 3.11. The quantitative estimate of drug-likeness (QED) is 0.725. The molecule has 1 saturated heterocycles. The second kappa shape index (κ2) is 8.97. The first-order valence-corrected chi connectivity index (χ1v) is 9.68. The van der Waals surface area contributed by atoms with Gasteiger partial charge in [-0.2, -0.15) is 0 Å². The van der Waals surface area contributed by atoms with Crippen LogP contribution in [0.5, 0.6) is 5.75 Å². The molecule has 1 fully saturated rings. The van der Waals surface area contributed by atoms with Gasteiger partial charge in [-0.25, -0.2) is 8.78 Å². The lowest BCUT2D eigenvalue weighted by Crippen LogP contribution is -2.39. The van der Waals surface area contributed by atoms with Crippen LogP contribution in [0, 0.1) is 17.6 Å². The van der Waals surface area contributed by atoms with Gasteiger partial charge in [-0.15, -0.1) is 0 Å². The minimum absolute atomic E-state index is 0.217. The predicted octanol–water partition coefficient (Wildman–Crippen LogP) is 4.68. The first-order chi connectivity index (χ1) is 13.3. The molecule has 1 aliphatic heterocycles. The molecule has 28 heavy (non-hydrogen) atoms. The third kappa shape index (κ3) is 5.06. The van der Waals surface area contributed by atoms with Gasteiger partial charge < -0.3 is 15.0 Å². The number of anilines is 1. The zero-order chi connectivity index (χ0) is 20.3. The fourth-order valence-corrected chi connectivity index (χ4v) is 3.40. The number of halogens is 4. The van der Waals surface area contributed by atoms with Crippen molar-refractivity contribution in [3.63, 3.8) is 0 Å². The molecule has 1 aliphatic rings. The largest absolute Gasteiger partial charge is 0.481 e. The van der Waals surface area contributed by atoms with E-state index in [9.17, 15) is 13.6 Å². The third-order valence-corrected chi connectivity index (χ3v) is 5.43. The first-order valence-electron chi connectivity index (χ1n) is 8.93. The maximum Gasteiger partial charge on any atom is 0.260 e. The van der Waals surface area contributed by atoms with Crippen LogP contribution in [0.15, 0.2) is 36.4 Å². The van der Waals surface area contributed by atoms with Gasteiger partial charge in [-0.05, 0) is 43.5 Å². The van der Waals surface area contributed by atoms with Crippen LogP contribution in [0.25, 0.3) is 0 Å². The molecular formula is C20H20Cl2F2N2O2. The summed E-state index contributed by atoms with van der Waals surface area (Å²) in [6.07, 6.45) is 0.155. The van der Waals surface area contributed by atoms with Crippen molar-refractivity contribution in [2.45, 2.75) is 19.4 Å². The van der Waals surface area contributed by atoms with E-state index in [0.717, 1.165) is 19.0 Å². The number of hydrogen-bond donors (Lipinski definition) is 1. The van der Waals surface area contributed by atoms with Gasteiger partial charge in [0.15, 0.2) is 17.7 Å². The number of nitrogens with zero attached hydrogens (tertiary/aromatic N) is 1. The number of benzene rings is 2. The lowest BCUT2D eigenvalue weighted by Gasteiger charge is -2.20.